The maximum atomic E-state index is 9.03. The van der Waals surface area contributed by atoms with Gasteiger partial charge in [0.15, 0.2) is 0 Å². The lowest BCUT2D eigenvalue weighted by atomic mass is 9.72. The van der Waals surface area contributed by atoms with Gasteiger partial charge in [0.05, 0.1) is 13.2 Å². The molecule has 2 aliphatic rings. The number of morpholine rings is 1. The lowest BCUT2D eigenvalue weighted by molar-refractivity contribution is 0.0146. The van der Waals surface area contributed by atoms with Gasteiger partial charge in [-0.15, -0.1) is 0 Å². The fourth-order valence-electron chi connectivity index (χ4n) is 2.35. The average molecular weight is 211 g/mol. The molecule has 0 aromatic rings. The van der Waals surface area contributed by atoms with Crippen LogP contribution in [-0.4, -0.2) is 54.4 Å². The molecule has 0 radical (unpaired) electrons. The first kappa shape index (κ1) is 11.1. The van der Waals surface area contributed by atoms with E-state index in [2.05, 4.69) is 4.90 Å². The lowest BCUT2D eigenvalue weighted by Crippen LogP contribution is -2.44. The third-order valence-corrected chi connectivity index (χ3v) is 3.31. The van der Waals surface area contributed by atoms with Gasteiger partial charge in [-0.05, 0) is 24.7 Å². The maximum Gasteiger partial charge on any atom is 0.483 e. The van der Waals surface area contributed by atoms with Crippen LogP contribution in [0.2, 0.25) is 0 Å². The Morgan fingerprint density at radius 1 is 1.33 bits per heavy atom. The number of allylic oxidation sites excluding steroid dienone is 1. The number of nitrogens with zero attached hydrogens (tertiary/aromatic N) is 1. The summed E-state index contributed by atoms with van der Waals surface area (Å²) in [5.74, 6) is 0. The molecule has 4 nitrogen and oxygen atoms in total. The summed E-state index contributed by atoms with van der Waals surface area (Å²) in [6.07, 6.45) is 4.75. The lowest BCUT2D eigenvalue weighted by Gasteiger charge is -2.36. The van der Waals surface area contributed by atoms with Gasteiger partial charge in [-0.1, -0.05) is 6.08 Å². The molecular weight excluding hydrogens is 193 g/mol. The molecule has 1 aliphatic heterocycles. The second-order valence-electron chi connectivity index (χ2n) is 4.23. The quantitative estimate of drug-likeness (QED) is 0.621. The van der Waals surface area contributed by atoms with Crippen molar-refractivity contribution in [1.82, 2.24) is 4.90 Å². The summed E-state index contributed by atoms with van der Waals surface area (Å²) >= 11 is 0. The van der Waals surface area contributed by atoms with Crippen molar-refractivity contribution >= 4 is 7.12 Å². The predicted octanol–water partition coefficient (Wildman–Crippen LogP) is -0.190. The summed E-state index contributed by atoms with van der Waals surface area (Å²) in [5, 5.41) is 18.1. The van der Waals surface area contributed by atoms with E-state index < -0.39 is 7.12 Å². The Morgan fingerprint density at radius 3 is 2.60 bits per heavy atom. The van der Waals surface area contributed by atoms with Gasteiger partial charge >= 0.3 is 7.12 Å². The summed E-state index contributed by atoms with van der Waals surface area (Å²) in [6.45, 7) is 3.68. The zero-order valence-electron chi connectivity index (χ0n) is 8.93. The largest absolute Gasteiger partial charge is 0.483 e. The highest BCUT2D eigenvalue weighted by molar-refractivity contribution is 6.50. The van der Waals surface area contributed by atoms with Crippen LogP contribution in [-0.2, 0) is 4.74 Å². The van der Waals surface area contributed by atoms with E-state index in [1.165, 1.54) is 0 Å². The molecule has 1 aliphatic carbocycles. The molecule has 0 spiro atoms. The topological polar surface area (TPSA) is 52.9 Å². The van der Waals surface area contributed by atoms with Crippen molar-refractivity contribution in [1.29, 1.82) is 0 Å². The molecule has 2 rings (SSSR count). The van der Waals surface area contributed by atoms with Gasteiger partial charge in [-0.3, -0.25) is 4.90 Å². The smallest absolute Gasteiger partial charge is 0.423 e. The fourth-order valence-corrected chi connectivity index (χ4v) is 2.35. The van der Waals surface area contributed by atoms with Gasteiger partial charge < -0.3 is 14.8 Å². The van der Waals surface area contributed by atoms with Crippen molar-refractivity contribution in [2.45, 2.75) is 25.3 Å². The third kappa shape index (κ3) is 2.81. The van der Waals surface area contributed by atoms with Crippen molar-refractivity contribution in [3.63, 3.8) is 0 Å². The molecule has 0 bridgehead atoms. The molecule has 0 saturated carbocycles. The SMILES string of the molecule is OB(O)C1=CC[C@@H](N2CCOCC2)CC1. The normalized spacial score (nSPS) is 28.7. The third-order valence-electron chi connectivity index (χ3n) is 3.31. The first-order valence-corrected chi connectivity index (χ1v) is 5.64. The predicted molar refractivity (Wildman–Crippen MR) is 58.3 cm³/mol. The van der Waals surface area contributed by atoms with Crippen LogP contribution in [0.3, 0.4) is 0 Å². The van der Waals surface area contributed by atoms with Crippen molar-refractivity contribution < 1.29 is 14.8 Å². The highest BCUT2D eigenvalue weighted by Crippen LogP contribution is 2.23. The summed E-state index contributed by atoms with van der Waals surface area (Å²) < 4.78 is 5.31. The van der Waals surface area contributed by atoms with Crippen LogP contribution < -0.4 is 0 Å². The second kappa shape index (κ2) is 5.12. The van der Waals surface area contributed by atoms with E-state index in [1.807, 2.05) is 6.08 Å². The molecule has 2 N–H and O–H groups in total. The molecule has 1 fully saturated rings. The Morgan fingerprint density at radius 2 is 2.07 bits per heavy atom. The summed E-state index contributed by atoms with van der Waals surface area (Å²) in [4.78, 5) is 2.44. The number of hydrogen-bond donors (Lipinski definition) is 2. The van der Waals surface area contributed by atoms with Crippen LogP contribution >= 0.6 is 0 Å². The number of rotatable bonds is 2. The molecule has 5 heteroatoms. The minimum Gasteiger partial charge on any atom is -0.423 e. The standard InChI is InChI=1S/C10H18BNO3/c13-11(14)9-1-3-10(4-2-9)12-5-7-15-8-6-12/h1,10,13-14H,2-8H2/t10-/m1/s1. The Kier molecular flexibility index (Phi) is 3.80. The van der Waals surface area contributed by atoms with E-state index in [0.29, 0.717) is 6.04 Å². The van der Waals surface area contributed by atoms with Gasteiger partial charge in [0.2, 0.25) is 0 Å². The highest BCUT2D eigenvalue weighted by atomic mass is 16.5. The average Bonchev–Trinajstić information content (AvgIpc) is 2.30. The van der Waals surface area contributed by atoms with Crippen molar-refractivity contribution in [3.8, 4) is 0 Å². The minimum absolute atomic E-state index is 0.566. The molecule has 1 heterocycles. The van der Waals surface area contributed by atoms with Crippen LogP contribution in [0.1, 0.15) is 19.3 Å². The molecule has 1 saturated heterocycles. The highest BCUT2D eigenvalue weighted by Gasteiger charge is 2.26. The van der Waals surface area contributed by atoms with Gasteiger partial charge in [-0.25, -0.2) is 0 Å². The van der Waals surface area contributed by atoms with E-state index in [4.69, 9.17) is 14.8 Å². The molecule has 0 aromatic heterocycles. The van der Waals surface area contributed by atoms with Crippen LogP contribution in [0.4, 0.5) is 0 Å². The maximum absolute atomic E-state index is 9.03. The van der Waals surface area contributed by atoms with E-state index in [9.17, 15) is 0 Å². The first-order chi connectivity index (χ1) is 7.27. The molecule has 84 valence electrons. The molecule has 15 heavy (non-hydrogen) atoms. The van der Waals surface area contributed by atoms with Gasteiger partial charge in [0, 0.05) is 19.1 Å². The van der Waals surface area contributed by atoms with Crippen molar-refractivity contribution in [3.05, 3.63) is 11.5 Å². The van der Waals surface area contributed by atoms with Gasteiger partial charge in [0.1, 0.15) is 0 Å². The Bertz CT molecular complexity index is 239. The summed E-state index contributed by atoms with van der Waals surface area (Å²) in [6, 6.07) is 0.566. The number of ether oxygens (including phenoxy) is 1. The van der Waals surface area contributed by atoms with E-state index >= 15 is 0 Å². The first-order valence-electron chi connectivity index (χ1n) is 5.64. The monoisotopic (exact) mass is 211 g/mol. The number of hydrogen-bond acceptors (Lipinski definition) is 4. The van der Waals surface area contributed by atoms with Gasteiger partial charge in [0.25, 0.3) is 0 Å². The van der Waals surface area contributed by atoms with Crippen LogP contribution in [0.25, 0.3) is 0 Å². The van der Waals surface area contributed by atoms with Crippen molar-refractivity contribution in [2.75, 3.05) is 26.3 Å². The molecule has 1 atom stereocenters. The minimum atomic E-state index is -1.25. The second-order valence-corrected chi connectivity index (χ2v) is 4.23. The Balaban J connectivity index is 1.86. The van der Waals surface area contributed by atoms with Crippen molar-refractivity contribution in [2.24, 2.45) is 0 Å². The van der Waals surface area contributed by atoms with Crippen LogP contribution in [0.5, 0.6) is 0 Å². The molecule has 0 aromatic carbocycles. The zero-order valence-corrected chi connectivity index (χ0v) is 8.93. The van der Waals surface area contributed by atoms with Gasteiger partial charge in [-0.2, -0.15) is 0 Å². The molecular formula is C10H18BNO3. The van der Waals surface area contributed by atoms with Crippen LogP contribution in [0, 0.1) is 0 Å². The fraction of sp³-hybridized carbons (Fsp3) is 0.800. The zero-order chi connectivity index (χ0) is 10.7. The molecule has 0 unspecified atom stereocenters. The van der Waals surface area contributed by atoms with Crippen LogP contribution in [0.15, 0.2) is 11.5 Å². The van der Waals surface area contributed by atoms with E-state index in [-0.39, 0.29) is 0 Å². The Labute approximate surface area is 90.7 Å². The Hall–Kier alpha value is -0.355. The van der Waals surface area contributed by atoms with E-state index in [1.54, 1.807) is 0 Å². The summed E-state index contributed by atoms with van der Waals surface area (Å²) in [5.41, 5.74) is 0.777. The van der Waals surface area contributed by atoms with E-state index in [0.717, 1.165) is 51.0 Å². The summed E-state index contributed by atoms with van der Waals surface area (Å²) in [7, 11) is -1.25. The molecule has 0 amide bonds.